The quantitative estimate of drug-likeness (QED) is 0.520. The van der Waals surface area contributed by atoms with Crippen molar-refractivity contribution in [1.82, 2.24) is 14.8 Å². The van der Waals surface area contributed by atoms with Crippen molar-refractivity contribution in [2.75, 3.05) is 6.61 Å². The maximum Gasteiger partial charge on any atom is 0.348 e. The second-order valence-corrected chi connectivity index (χ2v) is 7.98. The Hall–Kier alpha value is -3.34. The standard InChI is InChI=1S/C21H13ClN4O2S/c22-15-3-1-2-4-16(15)26-20(24-25-21(26)27)18-10-13-7-8-28-17-9-12(11-23)5-6-14(17)19(13)29-18/h1-6,9-10H,7-8H2,(H,25,27). The number of halogens is 1. The Balaban J connectivity index is 1.68. The van der Waals surface area contributed by atoms with E-state index in [1.54, 1.807) is 24.3 Å². The van der Waals surface area contributed by atoms with Crippen molar-refractivity contribution in [3.63, 3.8) is 0 Å². The van der Waals surface area contributed by atoms with Gasteiger partial charge in [-0.05, 0) is 42.0 Å². The summed E-state index contributed by atoms with van der Waals surface area (Å²) in [4.78, 5) is 14.4. The van der Waals surface area contributed by atoms with Gasteiger partial charge in [0.25, 0.3) is 0 Å². The van der Waals surface area contributed by atoms with Gasteiger partial charge in [-0.3, -0.25) is 0 Å². The number of hydrogen-bond acceptors (Lipinski definition) is 5. The largest absolute Gasteiger partial charge is 0.493 e. The van der Waals surface area contributed by atoms with Crippen molar-refractivity contribution in [3.05, 3.63) is 75.2 Å². The molecule has 142 valence electrons. The van der Waals surface area contributed by atoms with Crippen LogP contribution in [0.2, 0.25) is 5.02 Å². The van der Waals surface area contributed by atoms with Gasteiger partial charge in [-0.1, -0.05) is 23.7 Å². The number of nitriles is 1. The number of aromatic nitrogens is 3. The van der Waals surface area contributed by atoms with Crippen LogP contribution < -0.4 is 10.4 Å². The minimum atomic E-state index is -0.348. The highest BCUT2D eigenvalue weighted by molar-refractivity contribution is 7.19. The van der Waals surface area contributed by atoms with E-state index in [1.165, 1.54) is 15.9 Å². The number of para-hydroxylation sites is 1. The van der Waals surface area contributed by atoms with Gasteiger partial charge in [-0.25, -0.2) is 14.5 Å². The average Bonchev–Trinajstić information content (AvgIpc) is 3.27. The van der Waals surface area contributed by atoms with E-state index in [0.717, 1.165) is 27.3 Å². The van der Waals surface area contributed by atoms with E-state index < -0.39 is 0 Å². The number of aromatic amines is 1. The van der Waals surface area contributed by atoms with Crippen molar-refractivity contribution < 1.29 is 4.74 Å². The van der Waals surface area contributed by atoms with Gasteiger partial charge in [0.2, 0.25) is 0 Å². The first-order valence-corrected chi connectivity index (χ1v) is 10.1. The summed E-state index contributed by atoms with van der Waals surface area (Å²) in [5.41, 5.74) is 2.85. The van der Waals surface area contributed by atoms with Crippen LogP contribution in [-0.4, -0.2) is 21.4 Å². The predicted molar refractivity (Wildman–Crippen MR) is 112 cm³/mol. The minimum absolute atomic E-state index is 0.348. The number of hydrogen-bond donors (Lipinski definition) is 1. The number of thiophene rings is 1. The fourth-order valence-corrected chi connectivity index (χ4v) is 4.88. The molecule has 1 aliphatic rings. The van der Waals surface area contributed by atoms with Gasteiger partial charge in [0.05, 0.1) is 33.8 Å². The Morgan fingerprint density at radius 2 is 2.10 bits per heavy atom. The second kappa shape index (κ2) is 6.92. The van der Waals surface area contributed by atoms with Crippen LogP contribution in [0.4, 0.5) is 0 Å². The molecule has 0 saturated heterocycles. The first kappa shape index (κ1) is 17.7. The molecule has 0 unspecified atom stereocenters. The topological polar surface area (TPSA) is 83.7 Å². The zero-order chi connectivity index (χ0) is 20.0. The summed E-state index contributed by atoms with van der Waals surface area (Å²) in [6.07, 6.45) is 0.725. The van der Waals surface area contributed by atoms with E-state index in [2.05, 4.69) is 16.3 Å². The molecule has 0 atom stereocenters. The van der Waals surface area contributed by atoms with Crippen LogP contribution >= 0.6 is 22.9 Å². The molecule has 0 fully saturated rings. The van der Waals surface area contributed by atoms with Crippen LogP contribution in [0.5, 0.6) is 5.75 Å². The van der Waals surface area contributed by atoms with Crippen LogP contribution in [0.25, 0.3) is 26.8 Å². The smallest absolute Gasteiger partial charge is 0.348 e. The highest BCUT2D eigenvalue weighted by atomic mass is 35.5. The van der Waals surface area contributed by atoms with E-state index in [9.17, 15) is 4.79 Å². The molecule has 0 spiro atoms. The van der Waals surface area contributed by atoms with Gasteiger partial charge in [0.1, 0.15) is 5.75 Å². The lowest BCUT2D eigenvalue weighted by atomic mass is 10.1. The van der Waals surface area contributed by atoms with Crippen molar-refractivity contribution in [2.45, 2.75) is 6.42 Å². The lowest BCUT2D eigenvalue weighted by molar-refractivity contribution is 0.326. The van der Waals surface area contributed by atoms with Crippen LogP contribution in [0.1, 0.15) is 11.1 Å². The van der Waals surface area contributed by atoms with E-state index in [-0.39, 0.29) is 5.69 Å². The van der Waals surface area contributed by atoms with Crippen LogP contribution in [0.3, 0.4) is 0 Å². The number of ether oxygens (including phenoxy) is 1. The summed E-state index contributed by atoms with van der Waals surface area (Å²) in [5.74, 6) is 1.21. The minimum Gasteiger partial charge on any atom is -0.493 e. The first-order chi connectivity index (χ1) is 14.2. The van der Waals surface area contributed by atoms with Gasteiger partial charge in [0, 0.05) is 16.9 Å². The SMILES string of the molecule is N#Cc1ccc2c(c1)OCCc1cc(-c3n[nH]c(=O)n3-c3ccccc3Cl)sc1-2. The molecule has 4 aromatic rings. The Morgan fingerprint density at radius 1 is 1.24 bits per heavy atom. The molecule has 0 bridgehead atoms. The van der Waals surface area contributed by atoms with E-state index in [0.29, 0.717) is 34.5 Å². The average molecular weight is 421 g/mol. The third kappa shape index (κ3) is 2.94. The molecule has 29 heavy (non-hydrogen) atoms. The van der Waals surface area contributed by atoms with Crippen molar-refractivity contribution in [2.24, 2.45) is 0 Å². The molecule has 2 aromatic carbocycles. The predicted octanol–water partition coefficient (Wildman–Crippen LogP) is 4.42. The maximum atomic E-state index is 12.5. The van der Waals surface area contributed by atoms with Gasteiger partial charge < -0.3 is 4.74 Å². The first-order valence-electron chi connectivity index (χ1n) is 8.88. The van der Waals surface area contributed by atoms with E-state index in [1.807, 2.05) is 24.3 Å². The molecular formula is C21H13ClN4O2S. The van der Waals surface area contributed by atoms with Crippen molar-refractivity contribution in [3.8, 4) is 38.6 Å². The van der Waals surface area contributed by atoms with Gasteiger partial charge >= 0.3 is 5.69 Å². The number of H-pyrrole nitrogens is 1. The second-order valence-electron chi connectivity index (χ2n) is 6.53. The molecule has 1 aliphatic heterocycles. The van der Waals surface area contributed by atoms with Crippen LogP contribution in [0.15, 0.2) is 53.3 Å². The fraction of sp³-hybridized carbons (Fsp3) is 0.0952. The van der Waals surface area contributed by atoms with Gasteiger partial charge in [-0.2, -0.15) is 10.4 Å². The van der Waals surface area contributed by atoms with Crippen molar-refractivity contribution >= 4 is 22.9 Å². The molecule has 8 heteroatoms. The Morgan fingerprint density at radius 3 is 2.93 bits per heavy atom. The molecule has 1 N–H and O–H groups in total. The monoisotopic (exact) mass is 420 g/mol. The highest BCUT2D eigenvalue weighted by Crippen LogP contribution is 2.43. The summed E-state index contributed by atoms with van der Waals surface area (Å²) in [6.45, 7) is 0.517. The van der Waals surface area contributed by atoms with Crippen molar-refractivity contribution in [1.29, 1.82) is 5.26 Å². The molecule has 5 rings (SSSR count). The van der Waals surface area contributed by atoms with Gasteiger partial charge in [0.15, 0.2) is 5.82 Å². The third-order valence-corrected chi connectivity index (χ3v) is 6.31. The molecule has 2 aromatic heterocycles. The molecule has 0 aliphatic carbocycles. The molecule has 6 nitrogen and oxygen atoms in total. The van der Waals surface area contributed by atoms with E-state index in [4.69, 9.17) is 21.6 Å². The highest BCUT2D eigenvalue weighted by Gasteiger charge is 2.23. The van der Waals surface area contributed by atoms with E-state index >= 15 is 0 Å². The summed E-state index contributed by atoms with van der Waals surface area (Å²) in [6, 6.07) is 16.8. The molecular weight excluding hydrogens is 408 g/mol. The zero-order valence-corrected chi connectivity index (χ0v) is 16.5. The summed E-state index contributed by atoms with van der Waals surface area (Å²) >= 11 is 7.86. The zero-order valence-electron chi connectivity index (χ0n) is 15.0. The molecule has 3 heterocycles. The number of nitrogens with one attached hydrogen (secondary N) is 1. The van der Waals surface area contributed by atoms with Gasteiger partial charge in [-0.15, -0.1) is 11.3 Å². The third-order valence-electron chi connectivity index (χ3n) is 4.78. The normalized spacial score (nSPS) is 12.4. The number of benzene rings is 2. The lowest BCUT2D eigenvalue weighted by Crippen LogP contribution is -2.15. The number of rotatable bonds is 2. The Bertz CT molecular complexity index is 1350. The molecule has 0 radical (unpaired) electrons. The summed E-state index contributed by atoms with van der Waals surface area (Å²) in [5, 5.41) is 16.4. The van der Waals surface area contributed by atoms with Crippen LogP contribution in [-0.2, 0) is 6.42 Å². The molecule has 0 amide bonds. The summed E-state index contributed by atoms with van der Waals surface area (Å²) in [7, 11) is 0. The lowest BCUT2D eigenvalue weighted by Gasteiger charge is -2.08. The van der Waals surface area contributed by atoms with Crippen LogP contribution in [0, 0.1) is 11.3 Å². The number of fused-ring (bicyclic) bond motifs is 3. The molecule has 0 saturated carbocycles. The number of nitrogens with zero attached hydrogens (tertiary/aromatic N) is 3. The Kier molecular flexibility index (Phi) is 4.23. The Labute approximate surface area is 174 Å². The maximum absolute atomic E-state index is 12.5. The summed E-state index contributed by atoms with van der Waals surface area (Å²) < 4.78 is 7.34. The fourth-order valence-electron chi connectivity index (χ4n) is 3.44.